The van der Waals surface area contributed by atoms with E-state index in [0.717, 1.165) is 25.7 Å². The molecule has 1 atom stereocenters. The third kappa shape index (κ3) is 21.5. The monoisotopic (exact) mass is 378 g/mol. The van der Waals surface area contributed by atoms with Gasteiger partial charge in [-0.15, -0.1) is 0 Å². The normalized spacial score (nSPS) is 12.2. The smallest absolute Gasteiger partial charge is 0.305 e. The standard InChI is InChI=1S/C19H38O5S/c1-23-19(20)17-15-13-11-9-7-5-3-2-4-6-8-10-12-14-16-18-24-25(21)22/h2-18H2,1H3,(H,21,22). The van der Waals surface area contributed by atoms with E-state index in [-0.39, 0.29) is 5.97 Å². The molecule has 0 aliphatic heterocycles. The Morgan fingerprint density at radius 3 is 1.44 bits per heavy atom. The predicted octanol–water partition coefficient (Wildman–Crippen LogP) is 5.55. The van der Waals surface area contributed by atoms with Crippen LogP contribution in [0.1, 0.15) is 103 Å². The number of unbranched alkanes of at least 4 members (excludes halogenated alkanes) is 14. The minimum Gasteiger partial charge on any atom is -0.469 e. The minimum absolute atomic E-state index is 0.0894. The average molecular weight is 379 g/mol. The maximum Gasteiger partial charge on any atom is 0.305 e. The number of methoxy groups -OCH3 is 1. The van der Waals surface area contributed by atoms with E-state index in [1.165, 1.54) is 77.7 Å². The second kappa shape index (κ2) is 19.9. The van der Waals surface area contributed by atoms with Crippen LogP contribution in [0.3, 0.4) is 0 Å². The summed E-state index contributed by atoms with van der Waals surface area (Å²) in [6.45, 7) is 0.383. The van der Waals surface area contributed by atoms with Crippen molar-refractivity contribution >= 4 is 17.3 Å². The molecule has 0 fully saturated rings. The maximum absolute atomic E-state index is 10.9. The average Bonchev–Trinajstić information content (AvgIpc) is 2.60. The van der Waals surface area contributed by atoms with Gasteiger partial charge >= 0.3 is 17.3 Å². The fourth-order valence-corrected chi connectivity index (χ4v) is 3.16. The summed E-state index contributed by atoms with van der Waals surface area (Å²) in [5.74, 6) is -0.0894. The van der Waals surface area contributed by atoms with Crippen LogP contribution in [0.5, 0.6) is 0 Å². The van der Waals surface area contributed by atoms with Crippen LogP contribution in [-0.2, 0) is 25.1 Å². The van der Waals surface area contributed by atoms with E-state index in [1.807, 2.05) is 0 Å². The molecular formula is C19H38O5S. The van der Waals surface area contributed by atoms with E-state index < -0.39 is 11.4 Å². The molecule has 6 heteroatoms. The van der Waals surface area contributed by atoms with Gasteiger partial charge in [0.2, 0.25) is 0 Å². The first kappa shape index (κ1) is 24.5. The predicted molar refractivity (Wildman–Crippen MR) is 103 cm³/mol. The van der Waals surface area contributed by atoms with Gasteiger partial charge in [0.15, 0.2) is 0 Å². The Morgan fingerprint density at radius 1 is 0.720 bits per heavy atom. The van der Waals surface area contributed by atoms with E-state index in [9.17, 15) is 9.00 Å². The SMILES string of the molecule is COC(=O)CCCCCCCCCCCCCCCCCOS(=O)O. The van der Waals surface area contributed by atoms with Crippen molar-refractivity contribution in [3.8, 4) is 0 Å². The molecule has 0 saturated heterocycles. The van der Waals surface area contributed by atoms with Crippen LogP contribution in [0.4, 0.5) is 0 Å². The lowest BCUT2D eigenvalue weighted by Crippen LogP contribution is -1.99. The molecule has 0 aliphatic rings. The third-order valence-electron chi connectivity index (χ3n) is 4.44. The van der Waals surface area contributed by atoms with Crippen molar-refractivity contribution in [1.82, 2.24) is 0 Å². The van der Waals surface area contributed by atoms with E-state index >= 15 is 0 Å². The fraction of sp³-hybridized carbons (Fsp3) is 0.947. The van der Waals surface area contributed by atoms with Crippen LogP contribution >= 0.6 is 0 Å². The van der Waals surface area contributed by atoms with Crippen molar-refractivity contribution in [2.45, 2.75) is 103 Å². The minimum atomic E-state index is -2.10. The lowest BCUT2D eigenvalue weighted by atomic mass is 10.0. The van der Waals surface area contributed by atoms with Gasteiger partial charge in [0, 0.05) is 6.42 Å². The lowest BCUT2D eigenvalue weighted by Gasteiger charge is -2.03. The second-order valence-corrected chi connectivity index (χ2v) is 7.34. The lowest BCUT2D eigenvalue weighted by molar-refractivity contribution is -0.140. The number of hydrogen-bond acceptors (Lipinski definition) is 4. The summed E-state index contributed by atoms with van der Waals surface area (Å²) in [4.78, 5) is 10.9. The van der Waals surface area contributed by atoms with Crippen LogP contribution in [0.25, 0.3) is 0 Å². The molecule has 0 aromatic rings. The zero-order chi connectivity index (χ0) is 18.6. The zero-order valence-corrected chi connectivity index (χ0v) is 16.8. The van der Waals surface area contributed by atoms with Gasteiger partial charge in [0.25, 0.3) is 0 Å². The quantitative estimate of drug-likeness (QED) is 0.181. The molecule has 5 nitrogen and oxygen atoms in total. The highest BCUT2D eigenvalue weighted by molar-refractivity contribution is 7.74. The molecule has 0 aliphatic carbocycles. The van der Waals surface area contributed by atoms with E-state index in [4.69, 9.17) is 4.55 Å². The topological polar surface area (TPSA) is 72.8 Å². The van der Waals surface area contributed by atoms with Crippen molar-refractivity contribution in [3.05, 3.63) is 0 Å². The van der Waals surface area contributed by atoms with Gasteiger partial charge in [-0.2, -0.15) is 4.21 Å². The summed E-state index contributed by atoms with van der Waals surface area (Å²) < 4.78 is 27.9. The molecule has 25 heavy (non-hydrogen) atoms. The Hall–Kier alpha value is -0.460. The zero-order valence-electron chi connectivity index (χ0n) is 16.0. The van der Waals surface area contributed by atoms with Crippen LogP contribution in [0.15, 0.2) is 0 Å². The summed E-state index contributed by atoms with van der Waals surface area (Å²) in [6.07, 6.45) is 18.9. The van der Waals surface area contributed by atoms with Crippen molar-refractivity contribution in [2.75, 3.05) is 13.7 Å². The van der Waals surface area contributed by atoms with Gasteiger partial charge in [0.05, 0.1) is 13.7 Å². The first-order valence-electron chi connectivity index (χ1n) is 9.97. The van der Waals surface area contributed by atoms with Gasteiger partial charge in [0.1, 0.15) is 0 Å². The summed E-state index contributed by atoms with van der Waals surface area (Å²) in [5, 5.41) is 0. The maximum atomic E-state index is 10.9. The van der Waals surface area contributed by atoms with E-state index in [1.54, 1.807) is 0 Å². The molecule has 0 radical (unpaired) electrons. The fourth-order valence-electron chi connectivity index (χ4n) is 2.90. The summed E-state index contributed by atoms with van der Waals surface area (Å²) in [5.41, 5.74) is 0. The molecule has 0 spiro atoms. The molecule has 0 saturated carbocycles. The van der Waals surface area contributed by atoms with Gasteiger partial charge in [-0.1, -0.05) is 83.5 Å². The number of hydrogen-bond donors (Lipinski definition) is 1. The Kier molecular flexibility index (Phi) is 19.5. The molecule has 0 heterocycles. The largest absolute Gasteiger partial charge is 0.469 e. The molecular weight excluding hydrogens is 340 g/mol. The van der Waals surface area contributed by atoms with E-state index in [2.05, 4.69) is 8.92 Å². The van der Waals surface area contributed by atoms with Crippen LogP contribution in [0.2, 0.25) is 0 Å². The Labute approximate surface area is 156 Å². The van der Waals surface area contributed by atoms with Crippen molar-refractivity contribution in [1.29, 1.82) is 0 Å². The van der Waals surface area contributed by atoms with Crippen LogP contribution in [0, 0.1) is 0 Å². The van der Waals surface area contributed by atoms with Gasteiger partial charge in [-0.25, -0.2) is 0 Å². The Balaban J connectivity index is 3.03. The summed E-state index contributed by atoms with van der Waals surface area (Å²) in [6, 6.07) is 0. The molecule has 150 valence electrons. The van der Waals surface area contributed by atoms with Crippen molar-refractivity contribution in [2.24, 2.45) is 0 Å². The number of esters is 1. The summed E-state index contributed by atoms with van der Waals surface area (Å²) in [7, 11) is 1.45. The first-order chi connectivity index (χ1) is 12.2. The number of carbonyl (C=O) groups excluding carboxylic acids is 1. The summed E-state index contributed by atoms with van der Waals surface area (Å²) >= 11 is -2.10. The first-order valence-corrected chi connectivity index (χ1v) is 11.0. The van der Waals surface area contributed by atoms with Gasteiger partial charge < -0.3 is 4.74 Å². The second-order valence-electron chi connectivity index (χ2n) is 6.67. The number of carbonyl (C=O) groups is 1. The van der Waals surface area contributed by atoms with Crippen LogP contribution < -0.4 is 0 Å². The molecule has 0 bridgehead atoms. The molecule has 0 aromatic heterocycles. The third-order valence-corrected chi connectivity index (χ3v) is 4.81. The molecule has 0 rings (SSSR count). The van der Waals surface area contributed by atoms with Crippen molar-refractivity contribution < 1.29 is 22.5 Å². The van der Waals surface area contributed by atoms with Crippen molar-refractivity contribution in [3.63, 3.8) is 0 Å². The molecule has 1 N–H and O–H groups in total. The highest BCUT2D eigenvalue weighted by Crippen LogP contribution is 2.13. The number of rotatable bonds is 19. The highest BCUT2D eigenvalue weighted by atomic mass is 32.2. The van der Waals surface area contributed by atoms with Gasteiger partial charge in [-0.05, 0) is 12.8 Å². The molecule has 0 aromatic carbocycles. The Bertz CT molecular complexity index is 323. The Morgan fingerprint density at radius 2 is 1.08 bits per heavy atom. The van der Waals surface area contributed by atoms with Crippen LogP contribution in [-0.4, -0.2) is 28.4 Å². The van der Waals surface area contributed by atoms with E-state index in [0.29, 0.717) is 13.0 Å². The van der Waals surface area contributed by atoms with Gasteiger partial charge in [-0.3, -0.25) is 13.5 Å². The highest BCUT2D eigenvalue weighted by Gasteiger charge is 1.99. The molecule has 0 amide bonds. The number of ether oxygens (including phenoxy) is 1. The molecule has 1 unspecified atom stereocenters.